The summed E-state index contributed by atoms with van der Waals surface area (Å²) in [6.07, 6.45) is 6.37. The van der Waals surface area contributed by atoms with Crippen molar-refractivity contribution in [2.24, 2.45) is 5.73 Å². The average Bonchev–Trinajstić information content (AvgIpc) is 2.48. The molecule has 2 heterocycles. The molecule has 0 bridgehead atoms. The first-order valence-corrected chi connectivity index (χ1v) is 8.05. The Morgan fingerprint density at radius 2 is 2.15 bits per heavy atom. The maximum Gasteiger partial charge on any atom is 0.240 e. The molecule has 0 aromatic heterocycles. The normalized spacial score (nSPS) is 27.2. The molecule has 0 aromatic carbocycles. The van der Waals surface area contributed by atoms with Gasteiger partial charge >= 0.3 is 0 Å². The minimum absolute atomic E-state index is 0.00846. The number of amides is 1. The summed E-state index contributed by atoms with van der Waals surface area (Å²) >= 11 is 0. The lowest BCUT2D eigenvalue weighted by atomic mass is 9.90. The van der Waals surface area contributed by atoms with Crippen LogP contribution < -0.4 is 11.1 Å². The molecule has 2 rings (SSSR count). The van der Waals surface area contributed by atoms with Gasteiger partial charge in [0.05, 0.1) is 5.54 Å². The van der Waals surface area contributed by atoms with E-state index in [0.717, 1.165) is 13.1 Å². The number of hydrogen-bond donors (Lipinski definition) is 2. The Kier molecular flexibility index (Phi) is 5.81. The highest BCUT2D eigenvalue weighted by Crippen LogP contribution is 2.19. The molecule has 0 spiro atoms. The number of carbonyl (C=O) groups excluding carboxylic acids is 1. The minimum atomic E-state index is -0.718. The number of nitrogens with two attached hydrogens (primary N) is 1. The van der Waals surface area contributed by atoms with Crippen LogP contribution in [0.25, 0.3) is 0 Å². The molecule has 2 aliphatic rings. The largest absolute Gasteiger partial charge is 0.381 e. The van der Waals surface area contributed by atoms with Gasteiger partial charge in [-0.2, -0.15) is 0 Å². The highest BCUT2D eigenvalue weighted by molar-refractivity contribution is 5.86. The molecule has 0 aromatic rings. The second kappa shape index (κ2) is 7.38. The van der Waals surface area contributed by atoms with Gasteiger partial charge in [-0.05, 0) is 38.6 Å². The second-order valence-electron chi connectivity index (χ2n) is 6.12. The van der Waals surface area contributed by atoms with Gasteiger partial charge in [-0.25, -0.2) is 0 Å². The summed E-state index contributed by atoms with van der Waals surface area (Å²) < 4.78 is 5.28. The first kappa shape index (κ1) is 15.7. The molecule has 2 aliphatic heterocycles. The van der Waals surface area contributed by atoms with Gasteiger partial charge in [0.2, 0.25) is 5.91 Å². The third-order valence-corrected chi connectivity index (χ3v) is 4.74. The molecule has 2 fully saturated rings. The van der Waals surface area contributed by atoms with Crippen molar-refractivity contribution in [1.82, 2.24) is 10.2 Å². The Balaban J connectivity index is 1.73. The third kappa shape index (κ3) is 3.93. The summed E-state index contributed by atoms with van der Waals surface area (Å²) in [6, 6.07) is 0.690. The number of piperidine rings is 1. The van der Waals surface area contributed by atoms with E-state index in [1.165, 1.54) is 25.7 Å². The molecule has 0 saturated carbocycles. The van der Waals surface area contributed by atoms with Crippen LogP contribution in [-0.2, 0) is 9.53 Å². The van der Waals surface area contributed by atoms with Crippen LogP contribution in [0.3, 0.4) is 0 Å². The topological polar surface area (TPSA) is 67.6 Å². The van der Waals surface area contributed by atoms with Crippen molar-refractivity contribution in [3.05, 3.63) is 0 Å². The van der Waals surface area contributed by atoms with Gasteiger partial charge in [0.15, 0.2) is 0 Å². The van der Waals surface area contributed by atoms with Crippen molar-refractivity contribution in [3.63, 3.8) is 0 Å². The lowest BCUT2D eigenvalue weighted by molar-refractivity contribution is -0.129. The average molecular weight is 283 g/mol. The van der Waals surface area contributed by atoms with Crippen molar-refractivity contribution in [1.29, 1.82) is 0 Å². The number of nitrogens with one attached hydrogen (secondary N) is 1. The number of likely N-dealkylation sites (tertiary alicyclic amines) is 1. The predicted octanol–water partition coefficient (Wildman–Crippen LogP) is 0.875. The molecular weight excluding hydrogens is 254 g/mol. The van der Waals surface area contributed by atoms with Crippen LogP contribution in [0.5, 0.6) is 0 Å². The summed E-state index contributed by atoms with van der Waals surface area (Å²) in [7, 11) is 0. The summed E-state index contributed by atoms with van der Waals surface area (Å²) in [5, 5.41) is 3.02. The Morgan fingerprint density at radius 1 is 1.40 bits per heavy atom. The van der Waals surface area contributed by atoms with Crippen molar-refractivity contribution in [3.8, 4) is 0 Å². The SMILES string of the molecule is CCC1CCCCN1CCNC(=O)C1(N)CCOCC1. The van der Waals surface area contributed by atoms with Crippen LogP contribution in [0, 0.1) is 0 Å². The molecule has 0 radical (unpaired) electrons. The fourth-order valence-corrected chi connectivity index (χ4v) is 3.27. The second-order valence-corrected chi connectivity index (χ2v) is 6.12. The van der Waals surface area contributed by atoms with Crippen LogP contribution in [0.15, 0.2) is 0 Å². The van der Waals surface area contributed by atoms with E-state index in [1.54, 1.807) is 0 Å². The summed E-state index contributed by atoms with van der Waals surface area (Å²) in [6.45, 7) is 6.24. The van der Waals surface area contributed by atoms with Crippen LogP contribution in [-0.4, -0.2) is 55.2 Å². The Bertz CT molecular complexity index is 316. The lowest BCUT2D eigenvalue weighted by Gasteiger charge is -2.36. The molecule has 3 N–H and O–H groups in total. The molecule has 0 aliphatic carbocycles. The van der Waals surface area contributed by atoms with E-state index in [2.05, 4.69) is 17.1 Å². The summed E-state index contributed by atoms with van der Waals surface area (Å²) in [5.74, 6) is -0.00846. The first-order valence-electron chi connectivity index (χ1n) is 8.05. The van der Waals surface area contributed by atoms with Crippen molar-refractivity contribution in [2.75, 3.05) is 32.8 Å². The maximum atomic E-state index is 12.2. The number of nitrogens with zero attached hydrogens (tertiary/aromatic N) is 1. The highest BCUT2D eigenvalue weighted by Gasteiger charge is 2.35. The van der Waals surface area contributed by atoms with Crippen LogP contribution in [0.4, 0.5) is 0 Å². The first-order chi connectivity index (χ1) is 9.65. The van der Waals surface area contributed by atoms with E-state index < -0.39 is 5.54 Å². The number of hydrogen-bond acceptors (Lipinski definition) is 4. The third-order valence-electron chi connectivity index (χ3n) is 4.74. The Hall–Kier alpha value is -0.650. The monoisotopic (exact) mass is 283 g/mol. The summed E-state index contributed by atoms with van der Waals surface area (Å²) in [4.78, 5) is 14.7. The van der Waals surface area contributed by atoms with Gasteiger partial charge in [-0.1, -0.05) is 13.3 Å². The molecule has 1 amide bonds. The van der Waals surface area contributed by atoms with Crippen molar-refractivity contribution < 1.29 is 9.53 Å². The van der Waals surface area contributed by atoms with E-state index in [9.17, 15) is 4.79 Å². The molecular formula is C15H29N3O2. The Labute approximate surface area is 122 Å². The number of carbonyl (C=O) groups is 1. The lowest BCUT2D eigenvalue weighted by Crippen LogP contribution is -2.57. The smallest absolute Gasteiger partial charge is 0.240 e. The fourth-order valence-electron chi connectivity index (χ4n) is 3.27. The zero-order chi connectivity index (χ0) is 14.4. The minimum Gasteiger partial charge on any atom is -0.381 e. The standard InChI is InChI=1S/C15H29N3O2/c1-2-13-5-3-4-9-18(13)10-8-17-14(19)15(16)6-11-20-12-7-15/h13H,2-12,16H2,1H3,(H,17,19). The van der Waals surface area contributed by atoms with Gasteiger partial charge in [0.1, 0.15) is 0 Å². The molecule has 1 atom stereocenters. The number of rotatable bonds is 5. The van der Waals surface area contributed by atoms with Crippen molar-refractivity contribution in [2.45, 2.75) is 57.0 Å². The quantitative estimate of drug-likeness (QED) is 0.786. The van der Waals surface area contributed by atoms with Crippen LogP contribution in [0.1, 0.15) is 45.4 Å². The van der Waals surface area contributed by atoms with Crippen molar-refractivity contribution >= 4 is 5.91 Å². The highest BCUT2D eigenvalue weighted by atomic mass is 16.5. The van der Waals surface area contributed by atoms with E-state index >= 15 is 0 Å². The van der Waals surface area contributed by atoms with Crippen LogP contribution >= 0.6 is 0 Å². The zero-order valence-electron chi connectivity index (χ0n) is 12.7. The van der Waals surface area contributed by atoms with Gasteiger partial charge in [-0.3, -0.25) is 9.69 Å². The number of ether oxygens (including phenoxy) is 1. The van der Waals surface area contributed by atoms with E-state index in [0.29, 0.717) is 38.6 Å². The fraction of sp³-hybridized carbons (Fsp3) is 0.933. The molecule has 20 heavy (non-hydrogen) atoms. The van der Waals surface area contributed by atoms with E-state index in [1.807, 2.05) is 0 Å². The molecule has 5 heteroatoms. The van der Waals surface area contributed by atoms with Gasteiger partial charge in [0, 0.05) is 32.3 Å². The van der Waals surface area contributed by atoms with Gasteiger partial charge in [0.25, 0.3) is 0 Å². The van der Waals surface area contributed by atoms with Gasteiger partial charge in [-0.15, -0.1) is 0 Å². The molecule has 116 valence electrons. The Morgan fingerprint density at radius 3 is 2.85 bits per heavy atom. The summed E-state index contributed by atoms with van der Waals surface area (Å²) in [5.41, 5.74) is 5.45. The van der Waals surface area contributed by atoms with E-state index in [4.69, 9.17) is 10.5 Å². The predicted molar refractivity (Wildman–Crippen MR) is 79.5 cm³/mol. The molecule has 1 unspecified atom stereocenters. The maximum absolute atomic E-state index is 12.2. The van der Waals surface area contributed by atoms with E-state index in [-0.39, 0.29) is 5.91 Å². The molecule has 5 nitrogen and oxygen atoms in total. The zero-order valence-corrected chi connectivity index (χ0v) is 12.7. The van der Waals surface area contributed by atoms with Gasteiger partial charge < -0.3 is 15.8 Å². The van der Waals surface area contributed by atoms with Crippen LogP contribution in [0.2, 0.25) is 0 Å². The molecule has 2 saturated heterocycles.